The van der Waals surface area contributed by atoms with Crippen LogP contribution in [0.15, 0.2) is 42.5 Å². The summed E-state index contributed by atoms with van der Waals surface area (Å²) < 4.78 is 10.6. The predicted octanol–water partition coefficient (Wildman–Crippen LogP) is 3.92. The van der Waals surface area contributed by atoms with E-state index in [1.54, 1.807) is 14.2 Å². The molecule has 0 radical (unpaired) electrons. The summed E-state index contributed by atoms with van der Waals surface area (Å²) in [6.07, 6.45) is 0.333. The molecule has 2 aromatic carbocycles. The van der Waals surface area contributed by atoms with Crippen molar-refractivity contribution in [3.63, 3.8) is 0 Å². The van der Waals surface area contributed by atoms with Gasteiger partial charge in [-0.1, -0.05) is 12.1 Å². The minimum atomic E-state index is 0.333. The third kappa shape index (κ3) is 2.38. The molecule has 0 saturated heterocycles. The molecule has 110 valence electrons. The Morgan fingerprint density at radius 1 is 1.05 bits per heavy atom. The molecule has 3 rings (SSSR count). The van der Waals surface area contributed by atoms with Crippen LogP contribution in [0.2, 0.25) is 0 Å². The van der Waals surface area contributed by atoms with E-state index in [1.165, 1.54) is 0 Å². The van der Waals surface area contributed by atoms with Crippen LogP contribution in [-0.4, -0.2) is 19.2 Å². The number of benzene rings is 2. The molecule has 4 heteroatoms. The Kier molecular flexibility index (Phi) is 3.71. The Morgan fingerprint density at radius 3 is 2.55 bits per heavy atom. The van der Waals surface area contributed by atoms with Gasteiger partial charge in [-0.2, -0.15) is 5.26 Å². The van der Waals surface area contributed by atoms with Gasteiger partial charge in [-0.25, -0.2) is 0 Å². The molecule has 0 atom stereocenters. The van der Waals surface area contributed by atoms with Crippen molar-refractivity contribution in [3.05, 3.63) is 48.0 Å². The van der Waals surface area contributed by atoms with Crippen LogP contribution in [0.5, 0.6) is 11.5 Å². The van der Waals surface area contributed by atoms with Crippen LogP contribution in [0.1, 0.15) is 5.56 Å². The monoisotopic (exact) mass is 292 g/mol. The van der Waals surface area contributed by atoms with E-state index in [4.69, 9.17) is 9.47 Å². The van der Waals surface area contributed by atoms with Crippen LogP contribution in [0.25, 0.3) is 22.2 Å². The number of rotatable bonds is 4. The number of nitrogens with zero attached hydrogens (tertiary/aromatic N) is 1. The highest BCUT2D eigenvalue weighted by molar-refractivity contribution is 5.92. The Morgan fingerprint density at radius 2 is 1.82 bits per heavy atom. The Bertz CT molecular complexity index is 859. The van der Waals surface area contributed by atoms with Gasteiger partial charge in [0.2, 0.25) is 0 Å². The first kappa shape index (κ1) is 14.0. The zero-order chi connectivity index (χ0) is 15.5. The van der Waals surface area contributed by atoms with Gasteiger partial charge in [-0.05, 0) is 35.9 Å². The second-order valence-electron chi connectivity index (χ2n) is 4.96. The first-order valence-electron chi connectivity index (χ1n) is 6.96. The molecule has 0 unspecified atom stereocenters. The Labute approximate surface area is 128 Å². The van der Waals surface area contributed by atoms with Crippen molar-refractivity contribution in [3.8, 4) is 28.8 Å². The SMILES string of the molecule is COc1cccc(-c2[nH]c3ccc(OC)cc3c2CC#N)c1. The van der Waals surface area contributed by atoms with E-state index >= 15 is 0 Å². The van der Waals surface area contributed by atoms with E-state index in [0.717, 1.165) is 39.2 Å². The Hall–Kier alpha value is -2.93. The van der Waals surface area contributed by atoms with E-state index < -0.39 is 0 Å². The zero-order valence-corrected chi connectivity index (χ0v) is 12.5. The molecule has 1 N–H and O–H groups in total. The molecule has 0 fully saturated rings. The Balaban J connectivity index is 2.23. The molecular weight excluding hydrogens is 276 g/mol. The summed E-state index contributed by atoms with van der Waals surface area (Å²) in [6, 6.07) is 15.9. The topological polar surface area (TPSA) is 58.0 Å². The van der Waals surface area contributed by atoms with E-state index in [1.807, 2.05) is 42.5 Å². The number of nitriles is 1. The van der Waals surface area contributed by atoms with Gasteiger partial charge in [-0.3, -0.25) is 0 Å². The fourth-order valence-corrected chi connectivity index (χ4v) is 2.64. The average molecular weight is 292 g/mol. The number of fused-ring (bicyclic) bond motifs is 1. The zero-order valence-electron chi connectivity index (χ0n) is 12.5. The molecular formula is C18H16N2O2. The standard InChI is InChI=1S/C18H16N2O2/c1-21-13-5-3-4-12(10-13)18-15(8-9-19)16-11-14(22-2)6-7-17(16)20-18/h3-7,10-11,20H,8H2,1-2H3. The van der Waals surface area contributed by atoms with Gasteiger partial charge in [0.05, 0.1) is 32.4 Å². The van der Waals surface area contributed by atoms with Crippen LogP contribution >= 0.6 is 0 Å². The lowest BCUT2D eigenvalue weighted by Gasteiger charge is -2.05. The molecule has 0 aliphatic carbocycles. The van der Waals surface area contributed by atoms with Crippen LogP contribution in [0.4, 0.5) is 0 Å². The molecule has 0 amide bonds. The molecule has 0 aliphatic rings. The van der Waals surface area contributed by atoms with Crippen molar-refractivity contribution in [2.24, 2.45) is 0 Å². The summed E-state index contributed by atoms with van der Waals surface area (Å²) >= 11 is 0. The summed E-state index contributed by atoms with van der Waals surface area (Å²) in [6.45, 7) is 0. The molecule has 22 heavy (non-hydrogen) atoms. The molecule has 1 heterocycles. The number of hydrogen-bond acceptors (Lipinski definition) is 3. The average Bonchev–Trinajstić information content (AvgIpc) is 2.93. The van der Waals surface area contributed by atoms with Crippen molar-refractivity contribution < 1.29 is 9.47 Å². The number of aromatic amines is 1. The van der Waals surface area contributed by atoms with Crippen LogP contribution < -0.4 is 9.47 Å². The molecule has 0 aliphatic heterocycles. The minimum Gasteiger partial charge on any atom is -0.497 e. The van der Waals surface area contributed by atoms with Gasteiger partial charge >= 0.3 is 0 Å². The van der Waals surface area contributed by atoms with E-state index in [-0.39, 0.29) is 0 Å². The van der Waals surface area contributed by atoms with Gasteiger partial charge in [0, 0.05) is 16.5 Å². The van der Waals surface area contributed by atoms with Gasteiger partial charge in [0.1, 0.15) is 11.5 Å². The van der Waals surface area contributed by atoms with Crippen molar-refractivity contribution in [2.45, 2.75) is 6.42 Å². The lowest BCUT2D eigenvalue weighted by atomic mass is 10.0. The molecule has 0 bridgehead atoms. The number of ether oxygens (including phenoxy) is 2. The largest absolute Gasteiger partial charge is 0.497 e. The van der Waals surface area contributed by atoms with Crippen molar-refractivity contribution in [2.75, 3.05) is 14.2 Å². The molecule has 1 aromatic heterocycles. The first-order valence-corrected chi connectivity index (χ1v) is 6.96. The van der Waals surface area contributed by atoms with Crippen molar-refractivity contribution >= 4 is 10.9 Å². The second kappa shape index (κ2) is 5.82. The van der Waals surface area contributed by atoms with E-state index in [2.05, 4.69) is 11.1 Å². The van der Waals surface area contributed by atoms with Crippen molar-refractivity contribution in [1.29, 1.82) is 5.26 Å². The number of H-pyrrole nitrogens is 1. The highest BCUT2D eigenvalue weighted by Gasteiger charge is 2.14. The maximum atomic E-state index is 9.18. The maximum absolute atomic E-state index is 9.18. The van der Waals surface area contributed by atoms with E-state index in [9.17, 15) is 5.26 Å². The molecule has 4 nitrogen and oxygen atoms in total. The summed E-state index contributed by atoms with van der Waals surface area (Å²) in [5.74, 6) is 1.57. The second-order valence-corrected chi connectivity index (χ2v) is 4.96. The first-order chi connectivity index (χ1) is 10.8. The fraction of sp³-hybridized carbons (Fsp3) is 0.167. The lowest BCUT2D eigenvalue weighted by Crippen LogP contribution is -1.88. The highest BCUT2D eigenvalue weighted by Crippen LogP contribution is 2.34. The molecule has 0 saturated carbocycles. The quantitative estimate of drug-likeness (QED) is 0.793. The van der Waals surface area contributed by atoms with Crippen molar-refractivity contribution in [1.82, 2.24) is 4.98 Å². The third-order valence-corrected chi connectivity index (χ3v) is 3.73. The number of methoxy groups -OCH3 is 2. The summed E-state index contributed by atoms with van der Waals surface area (Å²) in [5, 5.41) is 10.2. The van der Waals surface area contributed by atoms with Gasteiger partial charge in [0.15, 0.2) is 0 Å². The van der Waals surface area contributed by atoms with Gasteiger partial charge in [-0.15, -0.1) is 0 Å². The summed E-state index contributed by atoms with van der Waals surface area (Å²) in [5.41, 5.74) is 3.91. The van der Waals surface area contributed by atoms with Crippen LogP contribution in [0.3, 0.4) is 0 Å². The van der Waals surface area contributed by atoms with Gasteiger partial charge < -0.3 is 14.5 Å². The lowest BCUT2D eigenvalue weighted by molar-refractivity contribution is 0.415. The molecule has 3 aromatic rings. The summed E-state index contributed by atoms with van der Waals surface area (Å²) in [7, 11) is 3.28. The van der Waals surface area contributed by atoms with Gasteiger partial charge in [0.25, 0.3) is 0 Å². The predicted molar refractivity (Wildman–Crippen MR) is 86.2 cm³/mol. The fourth-order valence-electron chi connectivity index (χ4n) is 2.64. The smallest absolute Gasteiger partial charge is 0.119 e. The van der Waals surface area contributed by atoms with Crippen LogP contribution in [-0.2, 0) is 6.42 Å². The highest BCUT2D eigenvalue weighted by atomic mass is 16.5. The summed E-state index contributed by atoms with van der Waals surface area (Å²) in [4.78, 5) is 3.41. The van der Waals surface area contributed by atoms with E-state index in [0.29, 0.717) is 6.42 Å². The number of hydrogen-bond donors (Lipinski definition) is 1. The molecule has 0 spiro atoms. The maximum Gasteiger partial charge on any atom is 0.119 e. The number of aromatic nitrogens is 1. The normalized spacial score (nSPS) is 10.4. The third-order valence-electron chi connectivity index (χ3n) is 3.73. The number of nitrogens with one attached hydrogen (secondary N) is 1. The van der Waals surface area contributed by atoms with Crippen LogP contribution in [0, 0.1) is 11.3 Å². The minimum absolute atomic E-state index is 0.333.